The molecule has 0 aliphatic rings. The van der Waals surface area contributed by atoms with E-state index in [-0.39, 0.29) is 11.2 Å². The predicted molar refractivity (Wildman–Crippen MR) is 103 cm³/mol. The van der Waals surface area contributed by atoms with Crippen LogP contribution < -0.4 is 5.43 Å². The summed E-state index contributed by atoms with van der Waals surface area (Å²) in [6.07, 6.45) is 1.23. The summed E-state index contributed by atoms with van der Waals surface area (Å²) in [4.78, 5) is 33.3. The SMILES string of the molecule is CCN(CC)Cc1c(C(=O)CCCN(C)C)[nH]c2ccccc2c1=O. The van der Waals surface area contributed by atoms with Crippen molar-refractivity contribution >= 4 is 16.7 Å². The Labute approximate surface area is 149 Å². The van der Waals surface area contributed by atoms with Gasteiger partial charge >= 0.3 is 0 Å². The highest BCUT2D eigenvalue weighted by atomic mass is 16.1. The third kappa shape index (κ3) is 4.77. The van der Waals surface area contributed by atoms with Crippen molar-refractivity contribution in [3.8, 4) is 0 Å². The molecule has 0 aliphatic carbocycles. The Kier molecular flexibility index (Phi) is 6.91. The fraction of sp³-hybridized carbons (Fsp3) is 0.500. The second-order valence-corrected chi connectivity index (χ2v) is 6.64. The maximum absolute atomic E-state index is 13.0. The lowest BCUT2D eigenvalue weighted by Gasteiger charge is -2.20. The molecule has 0 aliphatic heterocycles. The molecule has 0 atom stereocenters. The van der Waals surface area contributed by atoms with Gasteiger partial charge in [0.15, 0.2) is 11.2 Å². The lowest BCUT2D eigenvalue weighted by atomic mass is 10.0. The Morgan fingerprint density at radius 2 is 1.80 bits per heavy atom. The van der Waals surface area contributed by atoms with Crippen molar-refractivity contribution in [2.75, 3.05) is 33.7 Å². The van der Waals surface area contributed by atoms with E-state index < -0.39 is 0 Å². The van der Waals surface area contributed by atoms with Gasteiger partial charge in [0, 0.05) is 29.4 Å². The third-order valence-corrected chi connectivity index (χ3v) is 4.57. The van der Waals surface area contributed by atoms with Crippen molar-refractivity contribution < 1.29 is 4.79 Å². The summed E-state index contributed by atoms with van der Waals surface area (Å²) >= 11 is 0. The van der Waals surface area contributed by atoms with Gasteiger partial charge in [0.05, 0.1) is 5.69 Å². The number of Topliss-reactive ketones (excluding diaryl/α,β-unsaturated/α-hetero) is 1. The first-order valence-corrected chi connectivity index (χ1v) is 9.02. The van der Waals surface area contributed by atoms with Crippen LogP contribution in [0.2, 0.25) is 0 Å². The van der Waals surface area contributed by atoms with Crippen LogP contribution in [0.4, 0.5) is 0 Å². The molecule has 136 valence electrons. The Balaban J connectivity index is 2.44. The van der Waals surface area contributed by atoms with Gasteiger partial charge in [0.25, 0.3) is 0 Å². The molecule has 0 fully saturated rings. The van der Waals surface area contributed by atoms with E-state index in [1.165, 1.54) is 0 Å². The van der Waals surface area contributed by atoms with Crippen molar-refractivity contribution in [2.24, 2.45) is 0 Å². The highest BCUT2D eigenvalue weighted by Gasteiger charge is 2.19. The highest BCUT2D eigenvalue weighted by Crippen LogP contribution is 2.15. The van der Waals surface area contributed by atoms with Gasteiger partial charge in [-0.25, -0.2) is 0 Å². The Morgan fingerprint density at radius 3 is 2.44 bits per heavy atom. The number of benzene rings is 1. The third-order valence-electron chi connectivity index (χ3n) is 4.57. The number of fused-ring (bicyclic) bond motifs is 1. The maximum Gasteiger partial charge on any atom is 0.194 e. The molecule has 0 amide bonds. The van der Waals surface area contributed by atoms with Gasteiger partial charge < -0.3 is 9.88 Å². The molecule has 1 heterocycles. The minimum atomic E-state index is -0.0304. The minimum Gasteiger partial charge on any atom is -0.352 e. The molecule has 0 unspecified atom stereocenters. The first-order chi connectivity index (χ1) is 12.0. The first-order valence-electron chi connectivity index (χ1n) is 9.02. The average molecular weight is 343 g/mol. The monoisotopic (exact) mass is 343 g/mol. The largest absolute Gasteiger partial charge is 0.352 e. The summed E-state index contributed by atoms with van der Waals surface area (Å²) in [6, 6.07) is 7.41. The quantitative estimate of drug-likeness (QED) is 0.711. The zero-order valence-corrected chi connectivity index (χ0v) is 15.8. The predicted octanol–water partition coefficient (Wildman–Crippen LogP) is 2.89. The summed E-state index contributed by atoms with van der Waals surface area (Å²) in [5, 5.41) is 0.648. The number of rotatable bonds is 9. The van der Waals surface area contributed by atoms with E-state index >= 15 is 0 Å². The molecule has 5 nitrogen and oxygen atoms in total. The van der Waals surface area contributed by atoms with Gasteiger partial charge in [-0.1, -0.05) is 26.0 Å². The van der Waals surface area contributed by atoms with E-state index in [4.69, 9.17) is 0 Å². The average Bonchev–Trinajstić information content (AvgIpc) is 2.60. The van der Waals surface area contributed by atoms with Crippen LogP contribution in [0.3, 0.4) is 0 Å². The number of nitrogens with one attached hydrogen (secondary N) is 1. The number of hydrogen-bond donors (Lipinski definition) is 1. The van der Waals surface area contributed by atoms with Crippen molar-refractivity contribution in [3.05, 3.63) is 45.7 Å². The van der Waals surface area contributed by atoms with Gasteiger partial charge in [-0.05, 0) is 52.3 Å². The summed E-state index contributed by atoms with van der Waals surface area (Å²) < 4.78 is 0. The standard InChI is InChI=1S/C20H29N3O2/c1-5-23(6-2)14-16-19(18(24)12-9-13-22(3)4)21-17-11-8-7-10-15(17)20(16)25/h7-8,10-11H,5-6,9,12-14H2,1-4H3,(H,21,25). The lowest BCUT2D eigenvalue weighted by Crippen LogP contribution is -2.29. The summed E-state index contributed by atoms with van der Waals surface area (Å²) in [5.74, 6) is 0.0202. The van der Waals surface area contributed by atoms with Crippen molar-refractivity contribution in [2.45, 2.75) is 33.2 Å². The number of nitrogens with zero attached hydrogens (tertiary/aromatic N) is 2. The summed E-state index contributed by atoms with van der Waals surface area (Å²) in [6.45, 7) is 7.18. The van der Waals surface area contributed by atoms with Gasteiger partial charge in [0.1, 0.15) is 0 Å². The van der Waals surface area contributed by atoms with E-state index in [1.54, 1.807) is 0 Å². The molecular formula is C20H29N3O2. The molecule has 2 rings (SSSR count). The van der Waals surface area contributed by atoms with Crippen molar-refractivity contribution in [1.82, 2.24) is 14.8 Å². The highest BCUT2D eigenvalue weighted by molar-refractivity contribution is 5.98. The smallest absolute Gasteiger partial charge is 0.194 e. The Morgan fingerprint density at radius 1 is 1.12 bits per heavy atom. The van der Waals surface area contributed by atoms with Crippen LogP contribution in [-0.4, -0.2) is 54.3 Å². The van der Waals surface area contributed by atoms with Crippen molar-refractivity contribution in [1.29, 1.82) is 0 Å². The number of ketones is 1. The van der Waals surface area contributed by atoms with E-state index in [9.17, 15) is 9.59 Å². The van der Waals surface area contributed by atoms with Crippen LogP contribution in [0.1, 0.15) is 42.7 Å². The number of H-pyrrole nitrogens is 1. The molecule has 0 radical (unpaired) electrons. The number of aromatic amines is 1. The second-order valence-electron chi connectivity index (χ2n) is 6.64. The molecular weight excluding hydrogens is 314 g/mol. The molecule has 0 spiro atoms. The van der Waals surface area contributed by atoms with Crippen LogP contribution in [0.15, 0.2) is 29.1 Å². The van der Waals surface area contributed by atoms with Crippen LogP contribution in [0.5, 0.6) is 0 Å². The van der Waals surface area contributed by atoms with Crippen LogP contribution in [-0.2, 0) is 6.54 Å². The van der Waals surface area contributed by atoms with E-state index in [0.717, 1.165) is 31.6 Å². The normalized spacial score (nSPS) is 11.6. The number of carbonyl (C=O) groups excluding carboxylic acids is 1. The fourth-order valence-corrected chi connectivity index (χ4v) is 3.02. The van der Waals surface area contributed by atoms with Crippen LogP contribution >= 0.6 is 0 Å². The molecule has 2 aromatic rings. The number of para-hydroxylation sites is 1. The zero-order valence-electron chi connectivity index (χ0n) is 15.8. The minimum absolute atomic E-state index is 0.0202. The molecule has 0 saturated carbocycles. The zero-order chi connectivity index (χ0) is 18.4. The van der Waals surface area contributed by atoms with Crippen LogP contribution in [0.25, 0.3) is 10.9 Å². The van der Waals surface area contributed by atoms with Gasteiger partial charge in [-0.3, -0.25) is 14.5 Å². The Hall–Kier alpha value is -1.98. The molecule has 1 N–H and O–H groups in total. The molecule has 1 aromatic carbocycles. The summed E-state index contributed by atoms with van der Waals surface area (Å²) in [7, 11) is 3.99. The molecule has 25 heavy (non-hydrogen) atoms. The van der Waals surface area contributed by atoms with E-state index in [2.05, 4.69) is 28.6 Å². The second kappa shape index (κ2) is 8.92. The lowest BCUT2D eigenvalue weighted by molar-refractivity contribution is 0.0970. The van der Waals surface area contributed by atoms with Gasteiger partial charge in [-0.15, -0.1) is 0 Å². The Bertz CT molecular complexity index is 776. The van der Waals surface area contributed by atoms with E-state index in [0.29, 0.717) is 29.6 Å². The van der Waals surface area contributed by atoms with Crippen LogP contribution in [0, 0.1) is 0 Å². The number of hydrogen-bond acceptors (Lipinski definition) is 4. The molecule has 1 aromatic heterocycles. The summed E-state index contributed by atoms with van der Waals surface area (Å²) in [5.41, 5.74) is 1.77. The topological polar surface area (TPSA) is 56.4 Å². The molecule has 0 bridgehead atoms. The number of carbonyl (C=O) groups is 1. The fourth-order valence-electron chi connectivity index (χ4n) is 3.02. The van der Waals surface area contributed by atoms with Gasteiger partial charge in [-0.2, -0.15) is 0 Å². The first kappa shape index (κ1) is 19.3. The van der Waals surface area contributed by atoms with E-state index in [1.807, 2.05) is 38.4 Å². The number of aromatic nitrogens is 1. The number of pyridine rings is 1. The molecule has 5 heteroatoms. The molecule has 0 saturated heterocycles. The maximum atomic E-state index is 13.0. The van der Waals surface area contributed by atoms with Crippen molar-refractivity contribution in [3.63, 3.8) is 0 Å². The van der Waals surface area contributed by atoms with Gasteiger partial charge in [0.2, 0.25) is 0 Å².